The van der Waals surface area contributed by atoms with Crippen LogP contribution in [0.1, 0.15) is 17.5 Å². The Hall–Kier alpha value is -1.55. The van der Waals surface area contributed by atoms with Crippen LogP contribution in [0.25, 0.3) is 0 Å². The summed E-state index contributed by atoms with van der Waals surface area (Å²) in [6, 6.07) is 6.08. The fraction of sp³-hybridized carbons (Fsp3) is 0.500. The van der Waals surface area contributed by atoms with E-state index in [0.717, 1.165) is 17.7 Å². The second kappa shape index (κ2) is 7.71. The third-order valence-electron chi connectivity index (χ3n) is 2.75. The molecular formula is C14H22N2O2. The first-order valence-corrected chi connectivity index (χ1v) is 6.22. The van der Waals surface area contributed by atoms with Crippen molar-refractivity contribution in [3.8, 4) is 5.75 Å². The summed E-state index contributed by atoms with van der Waals surface area (Å²) >= 11 is 0. The minimum absolute atomic E-state index is 0.0796. The van der Waals surface area contributed by atoms with Gasteiger partial charge in [0.25, 0.3) is 0 Å². The summed E-state index contributed by atoms with van der Waals surface area (Å²) in [4.78, 5) is 11.4. The second-order valence-electron chi connectivity index (χ2n) is 4.27. The van der Waals surface area contributed by atoms with Gasteiger partial charge < -0.3 is 15.4 Å². The van der Waals surface area contributed by atoms with Gasteiger partial charge in [-0.25, -0.2) is 0 Å². The molecule has 100 valence electrons. The molecule has 0 unspecified atom stereocenters. The van der Waals surface area contributed by atoms with Gasteiger partial charge in [-0.15, -0.1) is 0 Å². The Morgan fingerprint density at radius 3 is 2.78 bits per heavy atom. The number of hydrogen-bond donors (Lipinski definition) is 2. The number of amides is 1. The first-order chi connectivity index (χ1) is 8.67. The first-order valence-electron chi connectivity index (χ1n) is 6.22. The summed E-state index contributed by atoms with van der Waals surface area (Å²) in [6.45, 7) is 3.40. The minimum Gasteiger partial charge on any atom is -0.496 e. The topological polar surface area (TPSA) is 50.4 Å². The van der Waals surface area contributed by atoms with Crippen molar-refractivity contribution in [1.29, 1.82) is 0 Å². The van der Waals surface area contributed by atoms with E-state index in [4.69, 9.17) is 4.74 Å². The highest BCUT2D eigenvalue weighted by molar-refractivity contribution is 5.76. The Kier molecular flexibility index (Phi) is 6.22. The van der Waals surface area contributed by atoms with E-state index >= 15 is 0 Å². The molecule has 0 aromatic heterocycles. The molecule has 0 fully saturated rings. The molecule has 0 heterocycles. The highest BCUT2D eigenvalue weighted by Crippen LogP contribution is 2.19. The Labute approximate surface area is 109 Å². The quantitative estimate of drug-likeness (QED) is 0.766. The van der Waals surface area contributed by atoms with Crippen molar-refractivity contribution in [2.75, 3.05) is 27.2 Å². The molecule has 0 radical (unpaired) electrons. The van der Waals surface area contributed by atoms with Crippen LogP contribution < -0.4 is 15.4 Å². The number of aryl methyl sites for hydroxylation is 1. The number of nitrogens with one attached hydrogen (secondary N) is 2. The number of rotatable bonds is 7. The fourth-order valence-corrected chi connectivity index (χ4v) is 1.77. The molecule has 0 aliphatic heterocycles. The Balaban J connectivity index is 2.43. The van der Waals surface area contributed by atoms with Gasteiger partial charge in [-0.3, -0.25) is 4.79 Å². The number of benzene rings is 1. The average molecular weight is 250 g/mol. The summed E-state index contributed by atoms with van der Waals surface area (Å²) in [7, 11) is 3.50. The Morgan fingerprint density at radius 1 is 1.33 bits per heavy atom. The molecule has 4 nitrogen and oxygen atoms in total. The van der Waals surface area contributed by atoms with Crippen molar-refractivity contribution in [1.82, 2.24) is 10.6 Å². The van der Waals surface area contributed by atoms with Crippen molar-refractivity contribution in [2.24, 2.45) is 0 Å². The van der Waals surface area contributed by atoms with Gasteiger partial charge >= 0.3 is 0 Å². The summed E-state index contributed by atoms with van der Waals surface area (Å²) in [5, 5.41) is 5.85. The zero-order valence-electron chi connectivity index (χ0n) is 11.4. The molecule has 1 aromatic rings. The molecule has 1 rings (SSSR count). The molecule has 2 N–H and O–H groups in total. The van der Waals surface area contributed by atoms with E-state index in [9.17, 15) is 4.79 Å². The predicted molar refractivity (Wildman–Crippen MR) is 73.0 cm³/mol. The first kappa shape index (κ1) is 14.5. The summed E-state index contributed by atoms with van der Waals surface area (Å²) in [6.07, 6.45) is 1.30. The lowest BCUT2D eigenvalue weighted by Gasteiger charge is -2.10. The summed E-state index contributed by atoms with van der Waals surface area (Å²) in [5.74, 6) is 0.959. The van der Waals surface area contributed by atoms with Crippen LogP contribution in [0, 0.1) is 6.92 Å². The van der Waals surface area contributed by atoms with E-state index in [1.54, 1.807) is 7.11 Å². The molecule has 0 saturated heterocycles. The normalized spacial score (nSPS) is 10.2. The van der Waals surface area contributed by atoms with Gasteiger partial charge in [-0.05, 0) is 32.0 Å². The number of carbonyl (C=O) groups excluding carboxylic acids is 1. The lowest BCUT2D eigenvalue weighted by Crippen LogP contribution is -2.28. The zero-order valence-corrected chi connectivity index (χ0v) is 11.4. The van der Waals surface area contributed by atoms with Crippen molar-refractivity contribution in [3.63, 3.8) is 0 Å². The van der Waals surface area contributed by atoms with Gasteiger partial charge in [0.1, 0.15) is 5.75 Å². The van der Waals surface area contributed by atoms with Crippen LogP contribution in [-0.4, -0.2) is 33.2 Å². The van der Waals surface area contributed by atoms with Crippen LogP contribution in [0.4, 0.5) is 0 Å². The van der Waals surface area contributed by atoms with Crippen LogP contribution in [0.2, 0.25) is 0 Å². The standard InChI is InChI=1S/C14H22N2O2/c1-11-4-5-13(18-3)12(10-11)6-9-16-14(17)7-8-15-2/h4-5,10,15H,6-9H2,1-3H3,(H,16,17). The molecule has 0 bridgehead atoms. The smallest absolute Gasteiger partial charge is 0.221 e. The Bertz CT molecular complexity index is 391. The molecule has 0 atom stereocenters. The minimum atomic E-state index is 0.0796. The van der Waals surface area contributed by atoms with Gasteiger partial charge in [0.2, 0.25) is 5.91 Å². The number of methoxy groups -OCH3 is 1. The lowest BCUT2D eigenvalue weighted by molar-refractivity contribution is -0.120. The SMILES string of the molecule is CNCCC(=O)NCCc1cc(C)ccc1OC. The molecule has 1 aromatic carbocycles. The van der Waals surface area contributed by atoms with Crippen LogP contribution in [0.3, 0.4) is 0 Å². The largest absolute Gasteiger partial charge is 0.496 e. The van der Waals surface area contributed by atoms with Crippen molar-refractivity contribution < 1.29 is 9.53 Å². The molecule has 0 aliphatic carbocycles. The van der Waals surface area contributed by atoms with E-state index < -0.39 is 0 Å². The van der Waals surface area contributed by atoms with E-state index in [1.807, 2.05) is 19.2 Å². The maximum Gasteiger partial charge on any atom is 0.221 e. The lowest BCUT2D eigenvalue weighted by atomic mass is 10.1. The monoisotopic (exact) mass is 250 g/mol. The third-order valence-corrected chi connectivity index (χ3v) is 2.75. The summed E-state index contributed by atoms with van der Waals surface area (Å²) < 4.78 is 5.30. The molecule has 4 heteroatoms. The van der Waals surface area contributed by atoms with Gasteiger partial charge in [-0.1, -0.05) is 17.7 Å². The highest BCUT2D eigenvalue weighted by atomic mass is 16.5. The molecule has 0 saturated carbocycles. The van der Waals surface area contributed by atoms with Crippen LogP contribution in [0.15, 0.2) is 18.2 Å². The summed E-state index contributed by atoms with van der Waals surface area (Å²) in [5.41, 5.74) is 2.33. The molecule has 0 aliphatic rings. The highest BCUT2D eigenvalue weighted by Gasteiger charge is 2.04. The second-order valence-corrected chi connectivity index (χ2v) is 4.27. The van der Waals surface area contributed by atoms with E-state index in [2.05, 4.69) is 23.6 Å². The van der Waals surface area contributed by atoms with E-state index in [-0.39, 0.29) is 5.91 Å². The number of carbonyl (C=O) groups is 1. The maximum atomic E-state index is 11.4. The van der Waals surface area contributed by atoms with E-state index in [1.165, 1.54) is 5.56 Å². The predicted octanol–water partition coefficient (Wildman–Crippen LogP) is 1.27. The molecule has 1 amide bonds. The fourth-order valence-electron chi connectivity index (χ4n) is 1.77. The third kappa shape index (κ3) is 4.75. The van der Waals surface area contributed by atoms with E-state index in [0.29, 0.717) is 19.5 Å². The average Bonchev–Trinajstić information content (AvgIpc) is 2.36. The van der Waals surface area contributed by atoms with Crippen molar-refractivity contribution >= 4 is 5.91 Å². The van der Waals surface area contributed by atoms with Gasteiger partial charge in [0.15, 0.2) is 0 Å². The molecule has 18 heavy (non-hydrogen) atoms. The number of hydrogen-bond acceptors (Lipinski definition) is 3. The maximum absolute atomic E-state index is 11.4. The van der Waals surface area contributed by atoms with Gasteiger partial charge in [0, 0.05) is 19.5 Å². The van der Waals surface area contributed by atoms with Crippen molar-refractivity contribution in [3.05, 3.63) is 29.3 Å². The number of ether oxygens (including phenoxy) is 1. The molecular weight excluding hydrogens is 228 g/mol. The van der Waals surface area contributed by atoms with Gasteiger partial charge in [0.05, 0.1) is 7.11 Å². The van der Waals surface area contributed by atoms with Crippen molar-refractivity contribution in [2.45, 2.75) is 19.8 Å². The molecule has 0 spiro atoms. The van der Waals surface area contributed by atoms with Crippen LogP contribution >= 0.6 is 0 Å². The Morgan fingerprint density at radius 2 is 2.11 bits per heavy atom. The zero-order chi connectivity index (χ0) is 13.4. The van der Waals surface area contributed by atoms with Crippen LogP contribution in [-0.2, 0) is 11.2 Å². The van der Waals surface area contributed by atoms with Gasteiger partial charge in [-0.2, -0.15) is 0 Å². The van der Waals surface area contributed by atoms with Crippen LogP contribution in [0.5, 0.6) is 5.75 Å².